The highest BCUT2D eigenvalue weighted by molar-refractivity contribution is 6.27. The van der Waals surface area contributed by atoms with Gasteiger partial charge >= 0.3 is 18.1 Å². The summed E-state index contributed by atoms with van der Waals surface area (Å²) in [6.07, 6.45) is -4.36. The van der Waals surface area contributed by atoms with Gasteiger partial charge in [-0.15, -0.1) is 0 Å². The van der Waals surface area contributed by atoms with Gasteiger partial charge in [-0.2, -0.15) is 13.2 Å². The number of aliphatic carboxylic acids is 2. The molecule has 1 heterocycles. The molecule has 2 N–H and O–H groups in total. The topological polar surface area (TPSA) is 107 Å². The summed E-state index contributed by atoms with van der Waals surface area (Å²) in [4.78, 5) is 34.6. The van der Waals surface area contributed by atoms with Gasteiger partial charge < -0.3 is 19.8 Å². The molecule has 2 aromatic carbocycles. The molecule has 0 spiro atoms. The van der Waals surface area contributed by atoms with E-state index in [1.807, 2.05) is 4.90 Å². The fourth-order valence-electron chi connectivity index (χ4n) is 3.28. The van der Waals surface area contributed by atoms with Crippen molar-refractivity contribution in [3.8, 4) is 5.75 Å². The van der Waals surface area contributed by atoms with Crippen LogP contribution in [0.4, 0.5) is 13.2 Å². The summed E-state index contributed by atoms with van der Waals surface area (Å²) in [5.41, 5.74) is 0.155. The molecule has 178 valence electrons. The predicted molar refractivity (Wildman–Crippen MR) is 111 cm³/mol. The maximum Gasteiger partial charge on any atom is 0.416 e. The molecule has 1 saturated heterocycles. The molecule has 33 heavy (non-hydrogen) atoms. The first kappa shape index (κ1) is 25.7. The van der Waals surface area contributed by atoms with Crippen LogP contribution in [0.25, 0.3) is 0 Å². The number of carbonyl (C=O) groups excluding carboxylic acids is 1. The first-order chi connectivity index (χ1) is 15.5. The van der Waals surface area contributed by atoms with Gasteiger partial charge in [0.15, 0.2) is 0 Å². The highest BCUT2D eigenvalue weighted by Crippen LogP contribution is 2.32. The number of amides is 1. The van der Waals surface area contributed by atoms with E-state index in [1.165, 1.54) is 19.2 Å². The summed E-state index contributed by atoms with van der Waals surface area (Å²) >= 11 is 0. The fourth-order valence-corrected chi connectivity index (χ4v) is 3.28. The Morgan fingerprint density at radius 2 is 1.45 bits per heavy atom. The summed E-state index contributed by atoms with van der Waals surface area (Å²) in [6, 6.07) is 12.7. The molecule has 1 fully saturated rings. The highest BCUT2D eigenvalue weighted by atomic mass is 19.4. The maximum absolute atomic E-state index is 13.1. The average molecular weight is 468 g/mol. The van der Waals surface area contributed by atoms with Crippen LogP contribution >= 0.6 is 0 Å². The normalized spacial score (nSPS) is 14.1. The van der Waals surface area contributed by atoms with Crippen LogP contribution < -0.4 is 4.74 Å². The number of piperazine rings is 1. The molecule has 3 rings (SSSR count). The van der Waals surface area contributed by atoms with Crippen LogP contribution in [0.5, 0.6) is 5.75 Å². The van der Waals surface area contributed by atoms with Crippen molar-refractivity contribution in [1.29, 1.82) is 0 Å². The lowest BCUT2D eigenvalue weighted by Gasteiger charge is -2.35. The number of rotatable bonds is 4. The Morgan fingerprint density at radius 1 is 0.909 bits per heavy atom. The molecule has 1 aliphatic heterocycles. The molecule has 0 saturated carbocycles. The SMILES string of the molecule is COc1ccccc1C(=O)N1CCN(Cc2ccccc2C(F)(F)F)CC1.O=C(O)C(=O)O. The Morgan fingerprint density at radius 3 is 2.00 bits per heavy atom. The molecule has 1 aliphatic rings. The number of methoxy groups -OCH3 is 1. The highest BCUT2D eigenvalue weighted by Gasteiger charge is 2.33. The van der Waals surface area contributed by atoms with E-state index < -0.39 is 23.7 Å². The van der Waals surface area contributed by atoms with Gasteiger partial charge in [0.25, 0.3) is 5.91 Å². The minimum Gasteiger partial charge on any atom is -0.496 e. The number of carboxylic acid groups (broad SMARTS) is 2. The third-order valence-electron chi connectivity index (χ3n) is 4.90. The summed E-state index contributed by atoms with van der Waals surface area (Å²) in [5, 5.41) is 14.8. The minimum atomic E-state index is -4.36. The minimum absolute atomic E-state index is 0.122. The molecule has 11 heteroatoms. The predicted octanol–water partition coefficient (Wildman–Crippen LogP) is 2.83. The number of para-hydroxylation sites is 1. The molecule has 0 bridgehead atoms. The van der Waals surface area contributed by atoms with E-state index in [1.54, 1.807) is 35.2 Å². The molecule has 0 unspecified atom stereocenters. The van der Waals surface area contributed by atoms with Gasteiger partial charge in [-0.1, -0.05) is 30.3 Å². The number of hydrogen-bond acceptors (Lipinski definition) is 5. The number of benzene rings is 2. The number of carboxylic acids is 2. The van der Waals surface area contributed by atoms with Gasteiger partial charge in [-0.25, -0.2) is 9.59 Å². The van der Waals surface area contributed by atoms with Crippen molar-refractivity contribution in [2.75, 3.05) is 33.3 Å². The number of alkyl halides is 3. The second kappa shape index (κ2) is 11.3. The number of ether oxygens (including phenoxy) is 1. The first-order valence-electron chi connectivity index (χ1n) is 9.80. The van der Waals surface area contributed by atoms with Crippen molar-refractivity contribution in [3.63, 3.8) is 0 Å². The quantitative estimate of drug-likeness (QED) is 0.665. The third kappa shape index (κ3) is 7.21. The van der Waals surface area contributed by atoms with Crippen LogP contribution in [-0.2, 0) is 22.3 Å². The molecule has 0 radical (unpaired) electrons. The fraction of sp³-hybridized carbons (Fsp3) is 0.318. The van der Waals surface area contributed by atoms with Crippen molar-refractivity contribution in [3.05, 3.63) is 65.2 Å². The van der Waals surface area contributed by atoms with Gasteiger partial charge in [0, 0.05) is 32.7 Å². The smallest absolute Gasteiger partial charge is 0.416 e. The van der Waals surface area contributed by atoms with Gasteiger partial charge in [0.05, 0.1) is 18.2 Å². The Hall–Kier alpha value is -3.60. The van der Waals surface area contributed by atoms with E-state index in [9.17, 15) is 18.0 Å². The van der Waals surface area contributed by atoms with E-state index in [-0.39, 0.29) is 18.0 Å². The monoisotopic (exact) mass is 468 g/mol. The second-order valence-electron chi connectivity index (χ2n) is 7.03. The zero-order valence-corrected chi connectivity index (χ0v) is 17.7. The summed E-state index contributed by atoms with van der Waals surface area (Å²) in [7, 11) is 1.52. The van der Waals surface area contributed by atoms with Crippen LogP contribution in [0.3, 0.4) is 0 Å². The summed E-state index contributed by atoms with van der Waals surface area (Å²) in [6.45, 7) is 2.18. The van der Waals surface area contributed by atoms with E-state index in [2.05, 4.69) is 0 Å². The van der Waals surface area contributed by atoms with E-state index in [0.29, 0.717) is 37.5 Å². The Kier molecular flexibility index (Phi) is 8.80. The van der Waals surface area contributed by atoms with Crippen LogP contribution in [0.15, 0.2) is 48.5 Å². The standard InChI is InChI=1S/C20H21F3N2O2.C2H2O4/c1-27-18-9-5-3-7-16(18)19(26)25-12-10-24(11-13-25)14-15-6-2-4-8-17(15)20(21,22)23;3-1(4)2(5)6/h2-9H,10-14H2,1H3;(H,3,4)(H,5,6). The third-order valence-corrected chi connectivity index (χ3v) is 4.90. The first-order valence-corrected chi connectivity index (χ1v) is 9.80. The Labute approximate surface area is 187 Å². The number of nitrogens with zero attached hydrogens (tertiary/aromatic N) is 2. The van der Waals surface area contributed by atoms with Gasteiger partial charge in [-0.05, 0) is 23.8 Å². The zero-order chi connectivity index (χ0) is 24.6. The lowest BCUT2D eigenvalue weighted by molar-refractivity contribution is -0.159. The maximum atomic E-state index is 13.1. The van der Waals surface area contributed by atoms with Crippen molar-refractivity contribution in [2.45, 2.75) is 12.7 Å². The van der Waals surface area contributed by atoms with Crippen molar-refractivity contribution in [2.24, 2.45) is 0 Å². The molecule has 0 aliphatic carbocycles. The van der Waals surface area contributed by atoms with Gasteiger partial charge in [0.1, 0.15) is 5.75 Å². The summed E-state index contributed by atoms with van der Waals surface area (Å²) < 4.78 is 44.7. The molecule has 0 atom stereocenters. The van der Waals surface area contributed by atoms with Crippen LogP contribution in [0.1, 0.15) is 21.5 Å². The molecular formula is C22H23F3N2O6. The number of hydrogen-bond donors (Lipinski definition) is 2. The van der Waals surface area contributed by atoms with Crippen LogP contribution in [0.2, 0.25) is 0 Å². The number of halogens is 3. The lowest BCUT2D eigenvalue weighted by atomic mass is 10.1. The van der Waals surface area contributed by atoms with Gasteiger partial charge in [-0.3, -0.25) is 9.69 Å². The van der Waals surface area contributed by atoms with Gasteiger partial charge in [0.2, 0.25) is 0 Å². The molecule has 2 aromatic rings. The molecule has 0 aromatic heterocycles. The Balaban J connectivity index is 0.000000569. The van der Waals surface area contributed by atoms with Crippen LogP contribution in [0, 0.1) is 0 Å². The summed E-state index contributed by atoms with van der Waals surface area (Å²) in [5.74, 6) is -3.25. The second-order valence-corrected chi connectivity index (χ2v) is 7.03. The van der Waals surface area contributed by atoms with Crippen LogP contribution in [-0.4, -0.2) is 71.1 Å². The van der Waals surface area contributed by atoms with E-state index in [4.69, 9.17) is 24.5 Å². The average Bonchev–Trinajstić information content (AvgIpc) is 2.79. The van der Waals surface area contributed by atoms with Crippen molar-refractivity contribution >= 4 is 17.8 Å². The molecule has 8 nitrogen and oxygen atoms in total. The van der Waals surface area contributed by atoms with E-state index in [0.717, 1.165) is 6.07 Å². The number of carbonyl (C=O) groups is 3. The molecular weight excluding hydrogens is 445 g/mol. The largest absolute Gasteiger partial charge is 0.496 e. The Bertz CT molecular complexity index is 976. The lowest BCUT2D eigenvalue weighted by Crippen LogP contribution is -2.48. The van der Waals surface area contributed by atoms with E-state index >= 15 is 0 Å². The molecule has 1 amide bonds. The zero-order valence-electron chi connectivity index (χ0n) is 17.7. The van der Waals surface area contributed by atoms with Crippen molar-refractivity contribution < 1.29 is 42.5 Å². The van der Waals surface area contributed by atoms with Crippen molar-refractivity contribution in [1.82, 2.24) is 9.80 Å².